The van der Waals surface area contributed by atoms with E-state index in [1.807, 2.05) is 0 Å². The summed E-state index contributed by atoms with van der Waals surface area (Å²) in [4.78, 5) is 12.1. The molecule has 1 fully saturated rings. The monoisotopic (exact) mass is 386 g/mol. The van der Waals surface area contributed by atoms with Gasteiger partial charge in [0.25, 0.3) is 0 Å². The lowest BCUT2D eigenvalue weighted by Crippen LogP contribution is -2.28. The van der Waals surface area contributed by atoms with E-state index in [0.29, 0.717) is 17.6 Å². The maximum atomic E-state index is 12.5. The third kappa shape index (κ3) is 3.48. The third-order valence-electron chi connectivity index (χ3n) is 3.33. The molecular formula is C14H15BrN2O4S. The zero-order chi connectivity index (χ0) is 16.3. The van der Waals surface area contributed by atoms with Gasteiger partial charge in [0, 0.05) is 17.6 Å². The van der Waals surface area contributed by atoms with Crippen molar-refractivity contribution >= 4 is 31.9 Å². The number of benzene rings is 1. The minimum Gasteiger partial charge on any atom is -0.444 e. The molecule has 8 heteroatoms. The summed E-state index contributed by atoms with van der Waals surface area (Å²) in [6, 6.07) is 6.02. The molecule has 0 bridgehead atoms. The summed E-state index contributed by atoms with van der Waals surface area (Å²) in [6.45, 7) is 2.42. The zero-order valence-electron chi connectivity index (χ0n) is 12.0. The Balaban J connectivity index is 2.34. The van der Waals surface area contributed by atoms with Gasteiger partial charge in [0.05, 0.1) is 10.5 Å². The summed E-state index contributed by atoms with van der Waals surface area (Å²) in [7, 11) is -3.61. The number of nitriles is 1. The Morgan fingerprint density at radius 1 is 1.41 bits per heavy atom. The smallest absolute Gasteiger partial charge is 0.340 e. The molecule has 0 amide bonds. The van der Waals surface area contributed by atoms with Crippen molar-refractivity contribution in [2.75, 3.05) is 13.1 Å². The van der Waals surface area contributed by atoms with Crippen LogP contribution in [-0.4, -0.2) is 37.9 Å². The van der Waals surface area contributed by atoms with E-state index in [4.69, 9.17) is 10.00 Å². The van der Waals surface area contributed by atoms with E-state index in [1.165, 1.54) is 29.4 Å². The van der Waals surface area contributed by atoms with Crippen molar-refractivity contribution in [2.24, 2.45) is 0 Å². The van der Waals surface area contributed by atoms with Gasteiger partial charge in [0.15, 0.2) is 6.10 Å². The van der Waals surface area contributed by atoms with Crippen LogP contribution in [0.5, 0.6) is 0 Å². The highest BCUT2D eigenvalue weighted by Crippen LogP contribution is 2.26. The Morgan fingerprint density at radius 3 is 2.64 bits per heavy atom. The van der Waals surface area contributed by atoms with E-state index in [0.717, 1.165) is 12.8 Å². The van der Waals surface area contributed by atoms with Crippen molar-refractivity contribution in [3.8, 4) is 6.07 Å². The molecule has 0 aliphatic carbocycles. The average Bonchev–Trinajstić information content (AvgIpc) is 3.02. The summed E-state index contributed by atoms with van der Waals surface area (Å²) >= 11 is 3.20. The second-order valence-electron chi connectivity index (χ2n) is 4.93. The molecule has 1 aromatic rings. The van der Waals surface area contributed by atoms with Crippen molar-refractivity contribution in [1.82, 2.24) is 4.31 Å². The molecule has 0 unspecified atom stereocenters. The van der Waals surface area contributed by atoms with Gasteiger partial charge in [-0.1, -0.05) is 0 Å². The lowest BCUT2D eigenvalue weighted by atomic mass is 10.2. The number of rotatable bonds is 4. The molecule has 0 spiro atoms. The first-order valence-electron chi connectivity index (χ1n) is 6.76. The number of hydrogen-bond acceptors (Lipinski definition) is 5. The lowest BCUT2D eigenvalue weighted by molar-refractivity contribution is 0.0434. The quantitative estimate of drug-likeness (QED) is 0.740. The number of carbonyl (C=O) groups is 1. The van der Waals surface area contributed by atoms with Crippen molar-refractivity contribution in [3.63, 3.8) is 0 Å². The molecule has 1 heterocycles. The predicted molar refractivity (Wildman–Crippen MR) is 82.6 cm³/mol. The van der Waals surface area contributed by atoms with Crippen LogP contribution in [0, 0.1) is 11.3 Å². The van der Waals surface area contributed by atoms with Crippen molar-refractivity contribution in [2.45, 2.75) is 30.8 Å². The molecule has 1 aliphatic heterocycles. The van der Waals surface area contributed by atoms with E-state index >= 15 is 0 Å². The highest BCUT2D eigenvalue weighted by Gasteiger charge is 2.28. The molecule has 0 N–H and O–H groups in total. The second kappa shape index (κ2) is 6.77. The molecule has 1 atom stereocenters. The van der Waals surface area contributed by atoms with E-state index in [-0.39, 0.29) is 10.5 Å². The van der Waals surface area contributed by atoms with E-state index < -0.39 is 22.1 Å². The number of nitrogens with zero attached hydrogens (tertiary/aromatic N) is 2. The molecule has 0 saturated carbocycles. The minimum atomic E-state index is -3.61. The van der Waals surface area contributed by atoms with Crippen LogP contribution in [0.2, 0.25) is 0 Å². The Morgan fingerprint density at radius 2 is 2.05 bits per heavy atom. The number of esters is 1. The van der Waals surface area contributed by atoms with E-state index in [9.17, 15) is 13.2 Å². The molecule has 2 rings (SSSR count). The molecule has 1 aromatic carbocycles. The van der Waals surface area contributed by atoms with Gasteiger partial charge >= 0.3 is 5.97 Å². The van der Waals surface area contributed by atoms with Gasteiger partial charge in [-0.25, -0.2) is 13.2 Å². The zero-order valence-corrected chi connectivity index (χ0v) is 14.4. The number of hydrogen-bond donors (Lipinski definition) is 0. The van der Waals surface area contributed by atoms with Crippen LogP contribution in [-0.2, 0) is 14.8 Å². The van der Waals surface area contributed by atoms with Crippen LogP contribution in [0.15, 0.2) is 27.6 Å². The highest BCUT2D eigenvalue weighted by atomic mass is 79.9. The van der Waals surface area contributed by atoms with Crippen molar-refractivity contribution < 1.29 is 17.9 Å². The fraction of sp³-hybridized carbons (Fsp3) is 0.429. The Bertz CT molecular complexity index is 721. The first-order valence-corrected chi connectivity index (χ1v) is 9.00. The van der Waals surface area contributed by atoms with Crippen LogP contribution in [0.1, 0.15) is 30.1 Å². The minimum absolute atomic E-state index is 0.0501. The van der Waals surface area contributed by atoms with Crippen LogP contribution in [0.25, 0.3) is 0 Å². The Hall–Kier alpha value is -1.43. The molecular weight excluding hydrogens is 372 g/mol. The van der Waals surface area contributed by atoms with Gasteiger partial charge in [-0.2, -0.15) is 9.57 Å². The number of carbonyl (C=O) groups excluding carboxylic acids is 1. The van der Waals surface area contributed by atoms with Gasteiger partial charge in [-0.05, 0) is 53.9 Å². The predicted octanol–water partition coefficient (Wildman–Crippen LogP) is 2.30. The molecule has 22 heavy (non-hydrogen) atoms. The molecule has 0 radical (unpaired) electrons. The maximum absolute atomic E-state index is 12.5. The molecule has 118 valence electrons. The van der Waals surface area contributed by atoms with Crippen molar-refractivity contribution in [3.05, 3.63) is 28.2 Å². The molecule has 6 nitrogen and oxygen atoms in total. The maximum Gasteiger partial charge on any atom is 0.340 e. The van der Waals surface area contributed by atoms with Crippen LogP contribution >= 0.6 is 15.9 Å². The fourth-order valence-corrected chi connectivity index (χ4v) is 4.10. The summed E-state index contributed by atoms with van der Waals surface area (Å²) < 4.78 is 31.8. The SMILES string of the molecule is C[C@@H](C#N)OC(=O)c1cc(S(=O)(=O)N2CCCC2)ccc1Br. The summed E-state index contributed by atoms with van der Waals surface area (Å²) in [5.74, 6) is -0.737. The molecule has 1 aliphatic rings. The first kappa shape index (κ1) is 16.9. The molecule has 1 saturated heterocycles. The number of sulfonamides is 1. The van der Waals surface area contributed by atoms with Crippen LogP contribution in [0.3, 0.4) is 0 Å². The lowest BCUT2D eigenvalue weighted by Gasteiger charge is -2.16. The van der Waals surface area contributed by atoms with Gasteiger partial charge in [0.1, 0.15) is 6.07 Å². The Kier molecular flexibility index (Phi) is 5.21. The fourth-order valence-electron chi connectivity index (χ4n) is 2.15. The van der Waals surface area contributed by atoms with Crippen molar-refractivity contribution in [1.29, 1.82) is 5.26 Å². The van der Waals surface area contributed by atoms with Gasteiger partial charge in [-0.15, -0.1) is 0 Å². The summed E-state index contributed by atoms with van der Waals surface area (Å²) in [5, 5.41) is 8.69. The summed E-state index contributed by atoms with van der Waals surface area (Å²) in [6.07, 6.45) is 0.771. The largest absolute Gasteiger partial charge is 0.444 e. The van der Waals surface area contributed by atoms with Gasteiger partial charge in [0.2, 0.25) is 10.0 Å². The topological polar surface area (TPSA) is 87.5 Å². The Labute approximate surface area is 137 Å². The highest BCUT2D eigenvalue weighted by molar-refractivity contribution is 9.10. The second-order valence-corrected chi connectivity index (χ2v) is 7.72. The normalized spacial score (nSPS) is 17.0. The first-order chi connectivity index (χ1) is 10.4. The third-order valence-corrected chi connectivity index (χ3v) is 5.91. The van der Waals surface area contributed by atoms with Gasteiger partial charge in [-0.3, -0.25) is 0 Å². The molecule has 0 aromatic heterocycles. The number of ether oxygens (including phenoxy) is 1. The van der Waals surface area contributed by atoms with E-state index in [1.54, 1.807) is 6.07 Å². The van der Waals surface area contributed by atoms with Crippen LogP contribution in [0.4, 0.5) is 0 Å². The summed E-state index contributed by atoms with van der Waals surface area (Å²) in [5.41, 5.74) is 0.0855. The number of halogens is 1. The average molecular weight is 387 g/mol. The standard InChI is InChI=1S/C14H15BrN2O4S/c1-10(9-16)21-14(18)12-8-11(4-5-13(12)15)22(19,20)17-6-2-3-7-17/h4-5,8,10H,2-3,6-7H2,1H3/t10-/m0/s1. The van der Waals surface area contributed by atoms with E-state index in [2.05, 4.69) is 15.9 Å². The van der Waals surface area contributed by atoms with Gasteiger partial charge < -0.3 is 4.74 Å². The van der Waals surface area contributed by atoms with Crippen LogP contribution < -0.4 is 0 Å².